The zero-order valence-electron chi connectivity index (χ0n) is 11.5. The van der Waals surface area contributed by atoms with Crippen LogP contribution in [0.1, 0.15) is 11.1 Å². The van der Waals surface area contributed by atoms with Crippen molar-refractivity contribution >= 4 is 45.0 Å². The quantitative estimate of drug-likeness (QED) is 0.799. The highest BCUT2D eigenvalue weighted by atomic mass is 79.9. The molecule has 3 rings (SSSR count). The maximum absolute atomic E-state index is 13.7. The Balaban J connectivity index is 1.71. The average molecular weight is 401 g/mol. The van der Waals surface area contributed by atoms with E-state index < -0.39 is 17.5 Å². The van der Waals surface area contributed by atoms with Gasteiger partial charge >= 0.3 is 0 Å². The molecule has 0 saturated heterocycles. The maximum atomic E-state index is 13.7. The van der Waals surface area contributed by atoms with Gasteiger partial charge < -0.3 is 5.32 Å². The third-order valence-electron chi connectivity index (χ3n) is 3.31. The molecule has 4 nitrogen and oxygen atoms in total. The Labute approximate surface area is 143 Å². The third-order valence-corrected chi connectivity index (χ3v) is 3.98. The first-order valence-corrected chi connectivity index (χ1v) is 7.76. The molecule has 1 N–H and O–H groups in total. The minimum Gasteiger partial charge on any atom is -0.347 e. The number of aliphatic imine (C=N–C) groups is 1. The lowest BCUT2D eigenvalue weighted by Crippen LogP contribution is -2.31. The van der Waals surface area contributed by atoms with Crippen LogP contribution in [0.15, 0.2) is 33.7 Å². The Morgan fingerprint density at radius 2 is 2.00 bits per heavy atom. The molecule has 118 valence electrons. The van der Waals surface area contributed by atoms with Crippen molar-refractivity contribution in [3.8, 4) is 0 Å². The average Bonchev–Trinajstić information content (AvgIpc) is 2.88. The molecule has 1 aromatic heterocycles. The van der Waals surface area contributed by atoms with Crippen LogP contribution in [-0.4, -0.2) is 16.6 Å². The molecule has 0 unspecified atom stereocenters. The molecule has 0 bridgehead atoms. The van der Waals surface area contributed by atoms with E-state index in [2.05, 4.69) is 31.2 Å². The van der Waals surface area contributed by atoms with Gasteiger partial charge in [-0.25, -0.2) is 18.8 Å². The van der Waals surface area contributed by atoms with Crippen LogP contribution in [0.3, 0.4) is 0 Å². The van der Waals surface area contributed by atoms with Crippen molar-refractivity contribution < 1.29 is 13.6 Å². The predicted octanol–water partition coefficient (Wildman–Crippen LogP) is 3.72. The molecular formula is C15H9BrClF2N3O. The summed E-state index contributed by atoms with van der Waals surface area (Å²) >= 11 is 8.77. The number of amides is 1. The van der Waals surface area contributed by atoms with E-state index in [9.17, 15) is 13.6 Å². The van der Waals surface area contributed by atoms with E-state index >= 15 is 0 Å². The third kappa shape index (κ3) is 3.40. The first kappa shape index (κ1) is 16.0. The summed E-state index contributed by atoms with van der Waals surface area (Å²) < 4.78 is 27.7. The minimum absolute atomic E-state index is 0.209. The standard InChI is InChI=1S/C15H9BrClF2N3O/c16-8-4-10(18)9(11(19)5-8)6-20-15(23)12-3-7-1-2-13(17)22-14(7)21-12/h1-2,4-5H,3,6H2,(H,20,23). The zero-order valence-corrected chi connectivity index (χ0v) is 13.9. The Bertz CT molecular complexity index is 818. The van der Waals surface area contributed by atoms with Gasteiger partial charge in [0.25, 0.3) is 5.91 Å². The first-order chi connectivity index (χ1) is 10.9. The fourth-order valence-electron chi connectivity index (χ4n) is 2.18. The van der Waals surface area contributed by atoms with Crippen LogP contribution in [0.5, 0.6) is 0 Å². The van der Waals surface area contributed by atoms with Crippen molar-refractivity contribution in [1.29, 1.82) is 0 Å². The maximum Gasteiger partial charge on any atom is 0.266 e. The lowest BCUT2D eigenvalue weighted by Gasteiger charge is -2.08. The molecule has 1 aliphatic heterocycles. The summed E-state index contributed by atoms with van der Waals surface area (Å²) in [5, 5.41) is 2.75. The van der Waals surface area contributed by atoms with E-state index in [1.54, 1.807) is 12.1 Å². The van der Waals surface area contributed by atoms with Gasteiger partial charge in [-0.3, -0.25) is 4.79 Å². The van der Waals surface area contributed by atoms with Crippen LogP contribution < -0.4 is 5.32 Å². The SMILES string of the molecule is O=C(NCc1c(F)cc(Br)cc1F)C1=Nc2nc(Cl)ccc2C1. The molecule has 0 radical (unpaired) electrons. The second kappa shape index (κ2) is 6.33. The number of carbonyl (C=O) groups is 1. The van der Waals surface area contributed by atoms with Gasteiger partial charge in [0.15, 0.2) is 5.82 Å². The minimum atomic E-state index is -0.734. The molecule has 1 aromatic carbocycles. The molecule has 0 atom stereocenters. The highest BCUT2D eigenvalue weighted by Gasteiger charge is 2.22. The number of pyridine rings is 1. The van der Waals surface area contributed by atoms with Crippen LogP contribution in [0.2, 0.25) is 5.15 Å². The summed E-state index contributed by atoms with van der Waals surface area (Å²) in [5.41, 5.74) is 0.798. The Kier molecular flexibility index (Phi) is 4.41. The van der Waals surface area contributed by atoms with Gasteiger partial charge in [-0.2, -0.15) is 0 Å². The summed E-state index contributed by atoms with van der Waals surface area (Å²) in [7, 11) is 0. The Morgan fingerprint density at radius 3 is 2.70 bits per heavy atom. The second-order valence-corrected chi connectivity index (χ2v) is 6.19. The lowest BCUT2D eigenvalue weighted by molar-refractivity contribution is -0.115. The van der Waals surface area contributed by atoms with E-state index in [1.807, 2.05) is 0 Å². The molecule has 1 amide bonds. The molecule has 8 heteroatoms. The fourth-order valence-corrected chi connectivity index (χ4v) is 2.72. The summed E-state index contributed by atoms with van der Waals surface area (Å²) in [5.74, 6) is -1.57. The lowest BCUT2D eigenvalue weighted by atomic mass is 10.1. The van der Waals surface area contributed by atoms with E-state index in [1.165, 1.54) is 0 Å². The summed E-state index contributed by atoms with van der Waals surface area (Å²) in [6.45, 7) is -0.271. The molecule has 0 aliphatic carbocycles. The largest absolute Gasteiger partial charge is 0.347 e. The summed E-state index contributed by atoms with van der Waals surface area (Å²) in [6.07, 6.45) is 0.302. The smallest absolute Gasteiger partial charge is 0.266 e. The second-order valence-electron chi connectivity index (χ2n) is 4.88. The van der Waals surface area contributed by atoms with Crippen LogP contribution in [-0.2, 0) is 17.8 Å². The van der Waals surface area contributed by atoms with Crippen LogP contribution >= 0.6 is 27.5 Å². The Morgan fingerprint density at radius 1 is 1.30 bits per heavy atom. The van der Waals surface area contributed by atoms with E-state index in [0.29, 0.717) is 16.7 Å². The Hall–Kier alpha value is -1.86. The number of rotatable bonds is 3. The van der Waals surface area contributed by atoms with Gasteiger partial charge in [0, 0.05) is 28.6 Å². The van der Waals surface area contributed by atoms with Crippen molar-refractivity contribution in [1.82, 2.24) is 10.3 Å². The number of nitrogens with zero attached hydrogens (tertiary/aromatic N) is 2. The molecule has 1 aliphatic rings. The highest BCUT2D eigenvalue weighted by Crippen LogP contribution is 2.26. The monoisotopic (exact) mass is 399 g/mol. The molecule has 2 aromatic rings. The van der Waals surface area contributed by atoms with Gasteiger partial charge in [-0.15, -0.1) is 0 Å². The number of halogens is 4. The molecule has 0 spiro atoms. The molecule has 0 fully saturated rings. The van der Waals surface area contributed by atoms with Gasteiger partial charge in [0.05, 0.1) is 0 Å². The fraction of sp³-hybridized carbons (Fsp3) is 0.133. The van der Waals surface area contributed by atoms with Crippen molar-refractivity contribution in [2.75, 3.05) is 0 Å². The molecule has 2 heterocycles. The van der Waals surface area contributed by atoms with Crippen LogP contribution in [0, 0.1) is 11.6 Å². The number of nitrogens with one attached hydrogen (secondary N) is 1. The number of aromatic nitrogens is 1. The van der Waals surface area contributed by atoms with Crippen molar-refractivity contribution in [3.63, 3.8) is 0 Å². The molecule has 0 saturated carbocycles. The van der Waals surface area contributed by atoms with Crippen LogP contribution in [0.4, 0.5) is 14.6 Å². The molecule has 23 heavy (non-hydrogen) atoms. The summed E-state index contributed by atoms with van der Waals surface area (Å²) in [6, 6.07) is 5.63. The number of benzene rings is 1. The number of fused-ring (bicyclic) bond motifs is 1. The number of hydrogen-bond acceptors (Lipinski definition) is 3. The van der Waals surface area contributed by atoms with E-state index in [0.717, 1.165) is 17.7 Å². The van der Waals surface area contributed by atoms with Gasteiger partial charge in [0.2, 0.25) is 0 Å². The van der Waals surface area contributed by atoms with Gasteiger partial charge in [-0.05, 0) is 18.2 Å². The van der Waals surface area contributed by atoms with Gasteiger partial charge in [-0.1, -0.05) is 33.6 Å². The van der Waals surface area contributed by atoms with Crippen molar-refractivity contribution in [2.24, 2.45) is 4.99 Å². The zero-order chi connectivity index (χ0) is 16.6. The van der Waals surface area contributed by atoms with E-state index in [4.69, 9.17) is 11.6 Å². The molecular weight excluding hydrogens is 392 g/mol. The topological polar surface area (TPSA) is 54.4 Å². The highest BCUT2D eigenvalue weighted by molar-refractivity contribution is 9.10. The van der Waals surface area contributed by atoms with Crippen LogP contribution in [0.25, 0.3) is 0 Å². The van der Waals surface area contributed by atoms with Crippen molar-refractivity contribution in [3.05, 3.63) is 56.7 Å². The van der Waals surface area contributed by atoms with E-state index in [-0.39, 0.29) is 23.0 Å². The predicted molar refractivity (Wildman–Crippen MR) is 86.0 cm³/mol. The summed E-state index contributed by atoms with van der Waals surface area (Å²) in [4.78, 5) is 20.2. The number of carbonyl (C=O) groups excluding carboxylic acids is 1. The number of hydrogen-bond donors (Lipinski definition) is 1. The normalized spacial score (nSPS) is 12.8. The first-order valence-electron chi connectivity index (χ1n) is 6.58. The van der Waals surface area contributed by atoms with Gasteiger partial charge in [0.1, 0.15) is 22.5 Å². The van der Waals surface area contributed by atoms with Crippen molar-refractivity contribution in [2.45, 2.75) is 13.0 Å².